The summed E-state index contributed by atoms with van der Waals surface area (Å²) in [7, 11) is 0. The molecule has 1 aromatic rings. The number of aliphatic carboxylic acids is 1. The molecule has 4 nitrogen and oxygen atoms in total. The summed E-state index contributed by atoms with van der Waals surface area (Å²) in [5, 5.41) is 12.3. The molecule has 20 heavy (non-hydrogen) atoms. The summed E-state index contributed by atoms with van der Waals surface area (Å²) in [4.78, 5) is 23.4. The number of carbonyl (C=O) groups is 2. The zero-order chi connectivity index (χ0) is 14.7. The first-order valence-corrected chi connectivity index (χ1v) is 7.30. The topological polar surface area (TPSA) is 66.4 Å². The van der Waals surface area contributed by atoms with Gasteiger partial charge in [-0.25, -0.2) is 0 Å². The molecule has 1 aromatic carbocycles. The highest BCUT2D eigenvalue weighted by molar-refractivity contribution is 9.10. The fraction of sp³-hybridized carbons (Fsp3) is 0.286. The molecule has 106 valence electrons. The van der Waals surface area contributed by atoms with Crippen molar-refractivity contribution in [2.75, 3.05) is 5.32 Å². The molecule has 0 fully saturated rings. The highest BCUT2D eigenvalue weighted by Crippen LogP contribution is 2.30. The maximum Gasteiger partial charge on any atom is 0.307 e. The van der Waals surface area contributed by atoms with Crippen LogP contribution < -0.4 is 5.32 Å². The lowest BCUT2D eigenvalue weighted by Gasteiger charge is -2.24. The Morgan fingerprint density at radius 1 is 1.25 bits per heavy atom. The molecule has 1 aliphatic rings. The highest BCUT2D eigenvalue weighted by atomic mass is 79.9. The second-order valence-electron chi connectivity index (χ2n) is 4.61. The Labute approximate surface area is 129 Å². The van der Waals surface area contributed by atoms with E-state index in [9.17, 15) is 9.59 Å². The zero-order valence-electron chi connectivity index (χ0n) is 10.5. The summed E-state index contributed by atoms with van der Waals surface area (Å²) in [6, 6.07) is 5.11. The van der Waals surface area contributed by atoms with E-state index in [2.05, 4.69) is 21.2 Å². The van der Waals surface area contributed by atoms with Crippen LogP contribution >= 0.6 is 27.5 Å². The number of anilines is 1. The summed E-state index contributed by atoms with van der Waals surface area (Å²) >= 11 is 9.32. The van der Waals surface area contributed by atoms with Gasteiger partial charge in [-0.15, -0.1) is 0 Å². The summed E-state index contributed by atoms with van der Waals surface area (Å²) in [6.45, 7) is 0. The second-order valence-corrected chi connectivity index (χ2v) is 5.93. The second kappa shape index (κ2) is 6.41. The molecule has 2 rings (SSSR count). The quantitative estimate of drug-likeness (QED) is 0.810. The molecule has 2 N–H and O–H groups in total. The van der Waals surface area contributed by atoms with Gasteiger partial charge in [0.25, 0.3) is 0 Å². The van der Waals surface area contributed by atoms with E-state index >= 15 is 0 Å². The number of amides is 1. The number of halogens is 2. The van der Waals surface area contributed by atoms with Crippen molar-refractivity contribution in [1.82, 2.24) is 0 Å². The van der Waals surface area contributed by atoms with Crippen LogP contribution in [0.3, 0.4) is 0 Å². The fourth-order valence-electron chi connectivity index (χ4n) is 2.19. The van der Waals surface area contributed by atoms with E-state index < -0.39 is 17.8 Å². The molecule has 6 heteroatoms. The smallest absolute Gasteiger partial charge is 0.307 e. The minimum absolute atomic E-state index is 0.314. The van der Waals surface area contributed by atoms with Crippen molar-refractivity contribution < 1.29 is 14.7 Å². The highest BCUT2D eigenvalue weighted by Gasteiger charge is 2.34. The third kappa shape index (κ3) is 3.41. The molecular formula is C14H13BrClNO3. The SMILES string of the molecule is O=C(O)[C@H]1CC=CC[C@H]1C(=O)Nc1ccc(Br)cc1Cl. The third-order valence-corrected chi connectivity index (χ3v) is 4.08. The number of hydrogen-bond donors (Lipinski definition) is 2. The molecule has 0 bridgehead atoms. The molecule has 0 spiro atoms. The van der Waals surface area contributed by atoms with E-state index in [1.807, 2.05) is 6.08 Å². The van der Waals surface area contributed by atoms with Crippen molar-refractivity contribution in [2.45, 2.75) is 12.8 Å². The number of carboxylic acids is 1. The molecule has 0 saturated carbocycles. The number of rotatable bonds is 3. The predicted molar refractivity (Wildman–Crippen MR) is 80.8 cm³/mol. The van der Waals surface area contributed by atoms with E-state index in [-0.39, 0.29) is 5.91 Å². The van der Waals surface area contributed by atoms with Gasteiger partial charge in [0, 0.05) is 4.47 Å². The van der Waals surface area contributed by atoms with Crippen molar-refractivity contribution in [1.29, 1.82) is 0 Å². The molecular weight excluding hydrogens is 346 g/mol. The number of nitrogens with one attached hydrogen (secondary N) is 1. The minimum atomic E-state index is -0.948. The summed E-state index contributed by atoms with van der Waals surface area (Å²) < 4.78 is 0.810. The van der Waals surface area contributed by atoms with Gasteiger partial charge in [0.1, 0.15) is 0 Å². The largest absolute Gasteiger partial charge is 0.481 e. The molecule has 0 aromatic heterocycles. The molecule has 0 saturated heterocycles. The number of carboxylic acid groups (broad SMARTS) is 1. The normalized spacial score (nSPS) is 21.5. The van der Waals surface area contributed by atoms with Gasteiger partial charge in [-0.1, -0.05) is 39.7 Å². The van der Waals surface area contributed by atoms with E-state index in [1.165, 1.54) is 0 Å². The minimum Gasteiger partial charge on any atom is -0.481 e. The van der Waals surface area contributed by atoms with Crippen molar-refractivity contribution in [3.8, 4) is 0 Å². The Bertz CT molecular complexity index is 574. The van der Waals surface area contributed by atoms with Crippen LogP contribution in [-0.2, 0) is 9.59 Å². The Morgan fingerprint density at radius 2 is 1.90 bits per heavy atom. The van der Waals surface area contributed by atoms with Crippen LogP contribution in [0.1, 0.15) is 12.8 Å². The molecule has 1 amide bonds. The van der Waals surface area contributed by atoms with Crippen molar-refractivity contribution in [2.24, 2.45) is 11.8 Å². The standard InChI is InChI=1S/C14H13BrClNO3/c15-8-5-6-12(11(16)7-8)17-13(18)9-3-1-2-4-10(9)14(19)20/h1-2,5-7,9-10H,3-4H2,(H,17,18)(H,19,20)/t9-,10+/m1/s1. The first-order chi connectivity index (χ1) is 9.49. The van der Waals surface area contributed by atoms with E-state index in [0.717, 1.165) is 4.47 Å². The maximum absolute atomic E-state index is 12.2. The van der Waals surface area contributed by atoms with E-state index in [0.29, 0.717) is 23.6 Å². The Balaban J connectivity index is 2.14. The number of benzene rings is 1. The van der Waals surface area contributed by atoms with E-state index in [1.54, 1.807) is 24.3 Å². The Hall–Kier alpha value is -1.33. The maximum atomic E-state index is 12.2. The molecule has 0 radical (unpaired) electrons. The molecule has 2 atom stereocenters. The van der Waals surface area contributed by atoms with Gasteiger partial charge < -0.3 is 10.4 Å². The van der Waals surface area contributed by atoms with Crippen LogP contribution in [0.25, 0.3) is 0 Å². The van der Waals surface area contributed by atoms with Crippen LogP contribution in [0, 0.1) is 11.8 Å². The lowest BCUT2D eigenvalue weighted by Crippen LogP contribution is -2.34. The van der Waals surface area contributed by atoms with Gasteiger partial charge >= 0.3 is 5.97 Å². The number of allylic oxidation sites excluding steroid dienone is 2. The van der Waals surface area contributed by atoms with Crippen molar-refractivity contribution in [3.63, 3.8) is 0 Å². The van der Waals surface area contributed by atoms with Gasteiger partial charge in [-0.05, 0) is 31.0 Å². The van der Waals surface area contributed by atoms with Crippen molar-refractivity contribution >= 4 is 45.1 Å². The van der Waals surface area contributed by atoms with Crippen LogP contribution in [0.15, 0.2) is 34.8 Å². The summed E-state index contributed by atoms with van der Waals surface area (Å²) in [5.41, 5.74) is 0.485. The van der Waals surface area contributed by atoms with Crippen LogP contribution in [-0.4, -0.2) is 17.0 Å². The molecule has 0 aliphatic heterocycles. The van der Waals surface area contributed by atoms with Crippen LogP contribution in [0.5, 0.6) is 0 Å². The van der Waals surface area contributed by atoms with Crippen LogP contribution in [0.4, 0.5) is 5.69 Å². The van der Waals surface area contributed by atoms with Crippen LogP contribution in [0.2, 0.25) is 5.02 Å². The first kappa shape index (κ1) is 15.1. The van der Waals surface area contributed by atoms with Gasteiger partial charge in [-0.2, -0.15) is 0 Å². The summed E-state index contributed by atoms with van der Waals surface area (Å²) in [5.74, 6) is -2.52. The summed E-state index contributed by atoms with van der Waals surface area (Å²) in [6.07, 6.45) is 4.44. The zero-order valence-corrected chi connectivity index (χ0v) is 12.8. The Kier molecular flexibility index (Phi) is 4.83. The van der Waals surface area contributed by atoms with E-state index in [4.69, 9.17) is 16.7 Å². The third-order valence-electron chi connectivity index (χ3n) is 3.28. The van der Waals surface area contributed by atoms with Gasteiger partial charge in [-0.3, -0.25) is 9.59 Å². The fourth-order valence-corrected chi connectivity index (χ4v) is 2.91. The Morgan fingerprint density at radius 3 is 2.50 bits per heavy atom. The van der Waals surface area contributed by atoms with Gasteiger partial charge in [0.2, 0.25) is 5.91 Å². The lowest BCUT2D eigenvalue weighted by molar-refractivity contribution is -0.146. The monoisotopic (exact) mass is 357 g/mol. The first-order valence-electron chi connectivity index (χ1n) is 6.12. The number of carbonyl (C=O) groups excluding carboxylic acids is 1. The lowest BCUT2D eigenvalue weighted by atomic mass is 9.82. The van der Waals surface area contributed by atoms with Gasteiger partial charge in [0.15, 0.2) is 0 Å². The van der Waals surface area contributed by atoms with Crippen molar-refractivity contribution in [3.05, 3.63) is 39.8 Å². The number of hydrogen-bond acceptors (Lipinski definition) is 2. The average molecular weight is 359 g/mol. The molecule has 1 aliphatic carbocycles. The molecule has 0 unspecified atom stereocenters. The van der Waals surface area contributed by atoms with Gasteiger partial charge in [0.05, 0.1) is 22.5 Å². The average Bonchev–Trinajstić information content (AvgIpc) is 2.41. The molecule has 0 heterocycles. The predicted octanol–water partition coefficient (Wildman–Crippen LogP) is 3.71.